The monoisotopic (exact) mass is 302 g/mol. The van der Waals surface area contributed by atoms with Gasteiger partial charge in [0.1, 0.15) is 17.4 Å². The van der Waals surface area contributed by atoms with E-state index in [1.807, 2.05) is 6.07 Å². The fourth-order valence-corrected chi connectivity index (χ4v) is 2.28. The van der Waals surface area contributed by atoms with E-state index in [-0.39, 0.29) is 23.1 Å². The van der Waals surface area contributed by atoms with Crippen LogP contribution in [0.1, 0.15) is 32.3 Å². The Labute approximate surface area is 129 Å². The van der Waals surface area contributed by atoms with Crippen LogP contribution in [0.2, 0.25) is 0 Å². The molecule has 2 rings (SSSR count). The fraction of sp³-hybridized carbons (Fsp3) is 0.438. The summed E-state index contributed by atoms with van der Waals surface area (Å²) in [6.07, 6.45) is 1.91. The van der Waals surface area contributed by atoms with Crippen LogP contribution in [-0.2, 0) is 14.3 Å². The molecule has 1 saturated carbocycles. The number of methoxy groups -OCH3 is 1. The molecule has 1 N–H and O–H groups in total. The van der Waals surface area contributed by atoms with Crippen LogP contribution < -0.4 is 10.1 Å². The van der Waals surface area contributed by atoms with E-state index >= 15 is 0 Å². The summed E-state index contributed by atoms with van der Waals surface area (Å²) in [6.45, 7) is 3.03. The van der Waals surface area contributed by atoms with Gasteiger partial charge in [-0.1, -0.05) is 0 Å². The Morgan fingerprint density at radius 1 is 1.41 bits per heavy atom. The number of ether oxygens (including phenoxy) is 2. The molecule has 1 aromatic rings. The van der Waals surface area contributed by atoms with Crippen molar-refractivity contribution in [2.45, 2.75) is 32.3 Å². The molecule has 0 radical (unpaired) electrons. The van der Waals surface area contributed by atoms with Crippen molar-refractivity contribution in [2.24, 2.45) is 5.92 Å². The van der Waals surface area contributed by atoms with E-state index in [9.17, 15) is 14.9 Å². The maximum atomic E-state index is 12.4. The van der Waals surface area contributed by atoms with Crippen molar-refractivity contribution in [2.75, 3.05) is 12.4 Å². The third kappa shape index (κ3) is 3.26. The average Bonchev–Trinajstić information content (AvgIpc) is 3.32. The molecular formula is C16H18N2O4. The zero-order valence-corrected chi connectivity index (χ0v) is 12.8. The largest absolute Gasteiger partial charge is 0.427 e. The van der Waals surface area contributed by atoms with Gasteiger partial charge in [0.25, 0.3) is 5.91 Å². The van der Waals surface area contributed by atoms with Gasteiger partial charge in [-0.15, -0.1) is 0 Å². The summed E-state index contributed by atoms with van der Waals surface area (Å²) in [5, 5.41) is 11.9. The van der Waals surface area contributed by atoms with Crippen molar-refractivity contribution in [3.63, 3.8) is 0 Å². The smallest absolute Gasteiger partial charge is 0.308 e. The van der Waals surface area contributed by atoms with Gasteiger partial charge in [0.15, 0.2) is 0 Å². The predicted octanol–water partition coefficient (Wildman–Crippen LogP) is 2.24. The number of hydrogen-bond donors (Lipinski definition) is 1. The van der Waals surface area contributed by atoms with Crippen molar-refractivity contribution < 1.29 is 19.1 Å². The lowest BCUT2D eigenvalue weighted by Crippen LogP contribution is -2.44. The molecular weight excluding hydrogens is 284 g/mol. The number of rotatable bonds is 5. The highest BCUT2D eigenvalue weighted by Crippen LogP contribution is 2.42. The molecule has 22 heavy (non-hydrogen) atoms. The lowest BCUT2D eigenvalue weighted by Gasteiger charge is -2.26. The third-order valence-corrected chi connectivity index (χ3v) is 3.85. The van der Waals surface area contributed by atoms with E-state index in [2.05, 4.69) is 5.32 Å². The Bertz CT molecular complexity index is 646. The number of anilines is 1. The van der Waals surface area contributed by atoms with Crippen molar-refractivity contribution in [3.05, 3.63) is 23.8 Å². The summed E-state index contributed by atoms with van der Waals surface area (Å²) in [5.74, 6) is -0.294. The first-order valence-electron chi connectivity index (χ1n) is 7.00. The second-order valence-corrected chi connectivity index (χ2v) is 5.45. The summed E-state index contributed by atoms with van der Waals surface area (Å²) in [6, 6.07) is 6.46. The molecule has 0 unspecified atom stereocenters. The Kier molecular flexibility index (Phi) is 4.48. The van der Waals surface area contributed by atoms with Crippen LogP contribution in [-0.4, -0.2) is 24.6 Å². The highest BCUT2D eigenvalue weighted by atomic mass is 16.5. The second-order valence-electron chi connectivity index (χ2n) is 5.45. The topological polar surface area (TPSA) is 88.4 Å². The van der Waals surface area contributed by atoms with Gasteiger partial charge < -0.3 is 14.8 Å². The third-order valence-electron chi connectivity index (χ3n) is 3.85. The number of hydrogen-bond acceptors (Lipinski definition) is 5. The summed E-state index contributed by atoms with van der Waals surface area (Å²) in [5.41, 5.74) is -0.310. The summed E-state index contributed by atoms with van der Waals surface area (Å²) in [7, 11) is 1.51. The number of nitrogens with zero attached hydrogens (tertiary/aromatic N) is 1. The number of carbonyl (C=O) groups excluding carboxylic acids is 2. The van der Waals surface area contributed by atoms with Gasteiger partial charge in [-0.2, -0.15) is 5.26 Å². The zero-order valence-electron chi connectivity index (χ0n) is 12.8. The molecule has 0 heterocycles. The molecule has 0 aliphatic heterocycles. The van der Waals surface area contributed by atoms with Crippen molar-refractivity contribution in [3.8, 4) is 11.8 Å². The standard InChI is InChI=1S/C16H18N2O4/c1-10(19)22-13-6-7-14(11(8-13)9-17)18-15(20)16(2,21-3)12-4-5-12/h6-8,12H,4-5H2,1-3H3,(H,18,20)/t16-/m0/s1. The predicted molar refractivity (Wildman–Crippen MR) is 79.2 cm³/mol. The van der Waals surface area contributed by atoms with Crippen LogP contribution in [0.25, 0.3) is 0 Å². The minimum atomic E-state index is -0.902. The Hall–Kier alpha value is -2.39. The van der Waals surface area contributed by atoms with Crippen LogP contribution in [0.3, 0.4) is 0 Å². The number of esters is 1. The van der Waals surface area contributed by atoms with Crippen LogP contribution in [0.4, 0.5) is 5.69 Å². The first-order valence-corrected chi connectivity index (χ1v) is 7.00. The molecule has 6 heteroatoms. The van der Waals surface area contributed by atoms with Gasteiger partial charge in [-0.05, 0) is 37.8 Å². The molecule has 1 amide bonds. The Morgan fingerprint density at radius 2 is 2.09 bits per heavy atom. The van der Waals surface area contributed by atoms with Crippen LogP contribution in [0.15, 0.2) is 18.2 Å². The Balaban J connectivity index is 2.20. The van der Waals surface area contributed by atoms with Gasteiger partial charge in [0.05, 0.1) is 11.3 Å². The SMILES string of the molecule is CO[C@](C)(C(=O)Nc1ccc(OC(C)=O)cc1C#N)C1CC1. The molecule has 0 aromatic heterocycles. The minimum Gasteiger partial charge on any atom is -0.427 e. The normalized spacial score (nSPS) is 16.3. The molecule has 1 aliphatic rings. The molecule has 1 atom stereocenters. The lowest BCUT2D eigenvalue weighted by molar-refractivity contribution is -0.138. The second kappa shape index (κ2) is 6.16. The summed E-state index contributed by atoms with van der Waals surface area (Å²) >= 11 is 0. The Morgan fingerprint density at radius 3 is 2.59 bits per heavy atom. The molecule has 1 fully saturated rings. The van der Waals surface area contributed by atoms with Crippen molar-refractivity contribution in [1.82, 2.24) is 0 Å². The highest BCUT2D eigenvalue weighted by molar-refractivity contribution is 5.98. The van der Waals surface area contributed by atoms with Crippen molar-refractivity contribution in [1.29, 1.82) is 5.26 Å². The molecule has 0 saturated heterocycles. The van der Waals surface area contributed by atoms with E-state index in [1.165, 1.54) is 32.2 Å². The zero-order chi connectivity index (χ0) is 16.3. The first kappa shape index (κ1) is 16.0. The maximum Gasteiger partial charge on any atom is 0.308 e. The number of benzene rings is 1. The van der Waals surface area contributed by atoms with Crippen LogP contribution >= 0.6 is 0 Å². The maximum absolute atomic E-state index is 12.4. The van der Waals surface area contributed by atoms with Crippen LogP contribution in [0.5, 0.6) is 5.75 Å². The summed E-state index contributed by atoms with van der Waals surface area (Å²) in [4.78, 5) is 23.4. The summed E-state index contributed by atoms with van der Waals surface area (Å²) < 4.78 is 10.3. The molecule has 1 aliphatic carbocycles. The quantitative estimate of drug-likeness (QED) is 0.665. The molecule has 116 valence electrons. The number of nitrogens with one attached hydrogen (secondary N) is 1. The molecule has 0 bridgehead atoms. The van der Waals surface area contributed by atoms with Crippen LogP contribution in [0, 0.1) is 17.2 Å². The molecule has 0 spiro atoms. The van der Waals surface area contributed by atoms with Gasteiger partial charge in [-0.3, -0.25) is 9.59 Å². The van der Waals surface area contributed by atoms with Gasteiger partial charge in [-0.25, -0.2) is 0 Å². The van der Waals surface area contributed by atoms with Gasteiger partial charge >= 0.3 is 5.97 Å². The average molecular weight is 302 g/mol. The first-order chi connectivity index (χ1) is 10.4. The van der Waals surface area contributed by atoms with E-state index in [4.69, 9.17) is 9.47 Å². The number of carbonyl (C=O) groups is 2. The van der Waals surface area contributed by atoms with Gasteiger partial charge in [0, 0.05) is 20.1 Å². The molecule has 1 aromatic carbocycles. The molecule has 6 nitrogen and oxygen atoms in total. The van der Waals surface area contributed by atoms with E-state index < -0.39 is 11.6 Å². The fourth-order valence-electron chi connectivity index (χ4n) is 2.28. The van der Waals surface area contributed by atoms with E-state index in [1.54, 1.807) is 6.92 Å². The minimum absolute atomic E-state index is 0.198. The van der Waals surface area contributed by atoms with Gasteiger partial charge in [0.2, 0.25) is 0 Å². The number of nitriles is 1. The lowest BCUT2D eigenvalue weighted by atomic mass is 9.98. The highest BCUT2D eigenvalue weighted by Gasteiger charge is 2.47. The van der Waals surface area contributed by atoms with E-state index in [0.717, 1.165) is 12.8 Å². The number of amides is 1. The van der Waals surface area contributed by atoms with Crippen molar-refractivity contribution >= 4 is 17.6 Å². The van der Waals surface area contributed by atoms with E-state index in [0.29, 0.717) is 5.69 Å².